The van der Waals surface area contributed by atoms with Gasteiger partial charge in [0, 0.05) is 25.3 Å². The standard InChI is InChI=1S/C17H27N3/c1-2-19-11-7-4-8-16(19)15-9-10-17(18-14-15)20-12-5-3-6-13-20/h9-10,14,16H,2-8,11-13H2,1H3. The molecule has 3 heterocycles. The van der Waals surface area contributed by atoms with Gasteiger partial charge in [-0.25, -0.2) is 4.98 Å². The van der Waals surface area contributed by atoms with E-state index in [1.807, 2.05) is 0 Å². The van der Waals surface area contributed by atoms with Gasteiger partial charge in [-0.2, -0.15) is 0 Å². The number of likely N-dealkylation sites (tertiary alicyclic amines) is 1. The van der Waals surface area contributed by atoms with E-state index in [2.05, 4.69) is 35.1 Å². The van der Waals surface area contributed by atoms with Crippen LogP contribution in [-0.2, 0) is 0 Å². The molecule has 1 atom stereocenters. The van der Waals surface area contributed by atoms with Crippen molar-refractivity contribution in [2.75, 3.05) is 31.1 Å². The number of nitrogens with zero attached hydrogens (tertiary/aromatic N) is 3. The molecule has 2 fully saturated rings. The fourth-order valence-electron chi connectivity index (χ4n) is 3.65. The fraction of sp³-hybridized carbons (Fsp3) is 0.706. The van der Waals surface area contributed by atoms with Crippen LogP contribution in [0.1, 0.15) is 57.1 Å². The van der Waals surface area contributed by atoms with Crippen LogP contribution in [0.15, 0.2) is 18.3 Å². The van der Waals surface area contributed by atoms with Crippen LogP contribution in [0.4, 0.5) is 5.82 Å². The van der Waals surface area contributed by atoms with Gasteiger partial charge in [-0.3, -0.25) is 4.90 Å². The first-order valence-corrected chi connectivity index (χ1v) is 8.33. The number of piperidine rings is 2. The maximum Gasteiger partial charge on any atom is 0.128 e. The minimum Gasteiger partial charge on any atom is -0.357 e. The van der Waals surface area contributed by atoms with Crippen LogP contribution in [0.25, 0.3) is 0 Å². The summed E-state index contributed by atoms with van der Waals surface area (Å²) >= 11 is 0. The largest absolute Gasteiger partial charge is 0.357 e. The van der Waals surface area contributed by atoms with Crippen molar-refractivity contribution >= 4 is 5.82 Å². The molecule has 3 rings (SSSR count). The molecule has 110 valence electrons. The lowest BCUT2D eigenvalue weighted by Crippen LogP contribution is -2.33. The van der Waals surface area contributed by atoms with E-state index in [-0.39, 0.29) is 0 Å². The third-order valence-corrected chi connectivity index (χ3v) is 4.86. The molecular formula is C17H27N3. The van der Waals surface area contributed by atoms with E-state index >= 15 is 0 Å². The molecule has 2 aliphatic heterocycles. The molecule has 3 nitrogen and oxygen atoms in total. The Bertz CT molecular complexity index is 409. The first kappa shape index (κ1) is 13.9. The molecule has 0 radical (unpaired) electrons. The fourth-order valence-corrected chi connectivity index (χ4v) is 3.65. The summed E-state index contributed by atoms with van der Waals surface area (Å²) in [5.41, 5.74) is 1.41. The normalized spacial score (nSPS) is 24.9. The summed E-state index contributed by atoms with van der Waals surface area (Å²) in [7, 11) is 0. The second-order valence-electron chi connectivity index (χ2n) is 6.14. The molecule has 20 heavy (non-hydrogen) atoms. The van der Waals surface area contributed by atoms with Gasteiger partial charge in [-0.05, 0) is 56.8 Å². The second-order valence-corrected chi connectivity index (χ2v) is 6.14. The molecule has 0 bridgehead atoms. The van der Waals surface area contributed by atoms with E-state index in [1.54, 1.807) is 0 Å². The van der Waals surface area contributed by atoms with Gasteiger partial charge in [0.2, 0.25) is 0 Å². The van der Waals surface area contributed by atoms with Crippen molar-refractivity contribution in [1.82, 2.24) is 9.88 Å². The Kier molecular flexibility index (Phi) is 4.56. The monoisotopic (exact) mass is 273 g/mol. The van der Waals surface area contributed by atoms with Crippen molar-refractivity contribution in [3.63, 3.8) is 0 Å². The predicted molar refractivity (Wildman–Crippen MR) is 84.1 cm³/mol. The molecular weight excluding hydrogens is 246 g/mol. The molecule has 0 saturated carbocycles. The van der Waals surface area contributed by atoms with Gasteiger partial charge in [0.1, 0.15) is 5.82 Å². The molecule has 0 spiro atoms. The summed E-state index contributed by atoms with van der Waals surface area (Å²) in [5.74, 6) is 1.17. The van der Waals surface area contributed by atoms with Crippen LogP contribution in [0.5, 0.6) is 0 Å². The van der Waals surface area contributed by atoms with Crippen molar-refractivity contribution in [3.8, 4) is 0 Å². The third kappa shape index (κ3) is 2.98. The maximum absolute atomic E-state index is 4.75. The number of hydrogen-bond donors (Lipinski definition) is 0. The van der Waals surface area contributed by atoms with E-state index in [4.69, 9.17) is 4.98 Å². The van der Waals surface area contributed by atoms with Crippen LogP contribution >= 0.6 is 0 Å². The summed E-state index contributed by atoms with van der Waals surface area (Å²) < 4.78 is 0. The Morgan fingerprint density at radius 1 is 1.05 bits per heavy atom. The van der Waals surface area contributed by atoms with Crippen LogP contribution in [0, 0.1) is 0 Å². The van der Waals surface area contributed by atoms with Gasteiger partial charge in [0.15, 0.2) is 0 Å². The molecule has 3 heteroatoms. The predicted octanol–water partition coefficient (Wildman–Crippen LogP) is 3.62. The number of hydrogen-bond acceptors (Lipinski definition) is 3. The van der Waals surface area contributed by atoms with Crippen molar-refractivity contribution in [2.24, 2.45) is 0 Å². The first-order chi connectivity index (χ1) is 9.88. The number of pyridine rings is 1. The van der Waals surface area contributed by atoms with Gasteiger partial charge in [0.25, 0.3) is 0 Å². The summed E-state index contributed by atoms with van der Waals surface area (Å²) in [4.78, 5) is 9.78. The van der Waals surface area contributed by atoms with E-state index in [1.165, 1.54) is 69.5 Å². The molecule has 0 N–H and O–H groups in total. The van der Waals surface area contributed by atoms with Gasteiger partial charge in [-0.1, -0.05) is 19.4 Å². The van der Waals surface area contributed by atoms with Gasteiger partial charge in [0.05, 0.1) is 0 Å². The van der Waals surface area contributed by atoms with Crippen LogP contribution < -0.4 is 4.90 Å². The first-order valence-electron chi connectivity index (χ1n) is 8.33. The number of aromatic nitrogens is 1. The molecule has 0 aromatic carbocycles. The van der Waals surface area contributed by atoms with Gasteiger partial charge in [-0.15, -0.1) is 0 Å². The van der Waals surface area contributed by atoms with Crippen molar-refractivity contribution in [1.29, 1.82) is 0 Å². The third-order valence-electron chi connectivity index (χ3n) is 4.86. The molecule has 2 saturated heterocycles. The highest BCUT2D eigenvalue weighted by Gasteiger charge is 2.23. The van der Waals surface area contributed by atoms with E-state index in [9.17, 15) is 0 Å². The van der Waals surface area contributed by atoms with Crippen molar-refractivity contribution < 1.29 is 0 Å². The topological polar surface area (TPSA) is 19.4 Å². The molecule has 0 amide bonds. The molecule has 1 aromatic rings. The summed E-state index contributed by atoms with van der Waals surface area (Å²) in [6.07, 6.45) is 10.1. The molecule has 2 aliphatic rings. The Labute approximate surface area is 123 Å². The summed E-state index contributed by atoms with van der Waals surface area (Å²) in [6.45, 7) is 7.02. The van der Waals surface area contributed by atoms with Gasteiger partial charge < -0.3 is 4.90 Å². The van der Waals surface area contributed by atoms with Gasteiger partial charge >= 0.3 is 0 Å². The van der Waals surface area contributed by atoms with E-state index < -0.39 is 0 Å². The van der Waals surface area contributed by atoms with Crippen molar-refractivity contribution in [2.45, 2.75) is 51.5 Å². The summed E-state index contributed by atoms with van der Waals surface area (Å²) in [5, 5.41) is 0. The lowest BCUT2D eigenvalue weighted by atomic mass is 9.96. The average molecular weight is 273 g/mol. The molecule has 1 unspecified atom stereocenters. The van der Waals surface area contributed by atoms with E-state index in [0.29, 0.717) is 6.04 Å². The Balaban J connectivity index is 1.71. The summed E-state index contributed by atoms with van der Waals surface area (Å²) in [6, 6.07) is 5.15. The highest BCUT2D eigenvalue weighted by molar-refractivity contribution is 5.40. The number of anilines is 1. The lowest BCUT2D eigenvalue weighted by Gasteiger charge is -2.35. The minimum atomic E-state index is 0.594. The quantitative estimate of drug-likeness (QED) is 0.838. The zero-order valence-corrected chi connectivity index (χ0v) is 12.7. The maximum atomic E-state index is 4.75. The molecule has 1 aromatic heterocycles. The molecule has 0 aliphatic carbocycles. The number of rotatable bonds is 3. The van der Waals surface area contributed by atoms with Crippen LogP contribution in [-0.4, -0.2) is 36.1 Å². The van der Waals surface area contributed by atoms with Crippen LogP contribution in [0.3, 0.4) is 0 Å². The lowest BCUT2D eigenvalue weighted by molar-refractivity contribution is 0.157. The van der Waals surface area contributed by atoms with E-state index in [0.717, 1.165) is 6.54 Å². The smallest absolute Gasteiger partial charge is 0.128 e. The minimum absolute atomic E-state index is 0.594. The second kappa shape index (κ2) is 6.57. The zero-order valence-electron chi connectivity index (χ0n) is 12.7. The SMILES string of the molecule is CCN1CCCCC1c1ccc(N2CCCCC2)nc1. The average Bonchev–Trinajstić information content (AvgIpc) is 2.56. The highest BCUT2D eigenvalue weighted by Crippen LogP contribution is 2.31. The Morgan fingerprint density at radius 3 is 2.55 bits per heavy atom. The Morgan fingerprint density at radius 2 is 1.85 bits per heavy atom. The Hall–Kier alpha value is -1.09. The van der Waals surface area contributed by atoms with Crippen molar-refractivity contribution in [3.05, 3.63) is 23.9 Å². The zero-order chi connectivity index (χ0) is 13.8. The van der Waals surface area contributed by atoms with Crippen LogP contribution in [0.2, 0.25) is 0 Å². The highest BCUT2D eigenvalue weighted by atomic mass is 15.2.